The van der Waals surface area contributed by atoms with Crippen molar-refractivity contribution < 1.29 is 12.6 Å². The first-order valence-corrected chi connectivity index (χ1v) is 7.28. The van der Waals surface area contributed by atoms with Crippen LogP contribution < -0.4 is 0 Å². The van der Waals surface area contributed by atoms with E-state index in [-0.39, 0.29) is 6.61 Å². The van der Waals surface area contributed by atoms with Crippen LogP contribution in [0.2, 0.25) is 0 Å². The quantitative estimate of drug-likeness (QED) is 0.479. The molecule has 1 atom stereocenters. The third kappa shape index (κ3) is 9.94. The van der Waals surface area contributed by atoms with Gasteiger partial charge < -0.3 is 0 Å². The number of hydrogen-bond acceptors (Lipinski definition) is 3. The van der Waals surface area contributed by atoms with Crippen molar-refractivity contribution in [2.45, 2.75) is 39.5 Å². The fourth-order valence-corrected chi connectivity index (χ4v) is 1.83. The van der Waals surface area contributed by atoms with E-state index in [4.69, 9.17) is 4.18 Å². The van der Waals surface area contributed by atoms with Gasteiger partial charge in [-0.15, -0.1) is 0 Å². The Kier molecular flexibility index (Phi) is 7.70. The Morgan fingerprint density at radius 2 is 2.00 bits per heavy atom. The van der Waals surface area contributed by atoms with E-state index in [2.05, 4.69) is 13.0 Å². The van der Waals surface area contributed by atoms with Gasteiger partial charge in [-0.2, -0.15) is 8.42 Å². The molecular weight excluding hydrogens is 212 g/mol. The lowest BCUT2D eigenvalue weighted by Gasteiger charge is -2.11. The van der Waals surface area contributed by atoms with Gasteiger partial charge in [0.25, 0.3) is 10.1 Å². The molecule has 0 radical (unpaired) electrons. The van der Waals surface area contributed by atoms with Crippen LogP contribution in [0.5, 0.6) is 0 Å². The van der Waals surface area contributed by atoms with E-state index in [0.29, 0.717) is 5.92 Å². The number of rotatable bonds is 8. The fourth-order valence-electron chi connectivity index (χ4n) is 1.43. The van der Waals surface area contributed by atoms with Crippen molar-refractivity contribution in [3.63, 3.8) is 0 Å². The Hall–Kier alpha value is -0.350. The zero-order chi connectivity index (χ0) is 11.7. The Balaban J connectivity index is 3.85. The summed E-state index contributed by atoms with van der Waals surface area (Å²) >= 11 is 0. The summed E-state index contributed by atoms with van der Waals surface area (Å²) in [6, 6.07) is 0. The van der Waals surface area contributed by atoms with Gasteiger partial charge in [0.1, 0.15) is 0 Å². The molecule has 0 aliphatic rings. The van der Waals surface area contributed by atoms with Crippen molar-refractivity contribution >= 4 is 10.1 Å². The van der Waals surface area contributed by atoms with Crippen LogP contribution in [0.4, 0.5) is 0 Å². The molecule has 0 spiro atoms. The predicted octanol–water partition coefficient (Wildman–Crippen LogP) is 2.74. The maximum atomic E-state index is 10.7. The second-order valence-corrected chi connectivity index (χ2v) is 5.39. The zero-order valence-electron chi connectivity index (χ0n) is 9.90. The molecule has 0 bridgehead atoms. The summed E-state index contributed by atoms with van der Waals surface area (Å²) in [5.41, 5.74) is 0. The van der Waals surface area contributed by atoms with E-state index in [1.54, 1.807) is 0 Å². The Morgan fingerprint density at radius 3 is 2.47 bits per heavy atom. The van der Waals surface area contributed by atoms with Crippen LogP contribution in [0.15, 0.2) is 12.2 Å². The first-order valence-electron chi connectivity index (χ1n) is 5.46. The summed E-state index contributed by atoms with van der Waals surface area (Å²) in [6.45, 7) is 4.42. The van der Waals surface area contributed by atoms with Crippen LogP contribution in [0.3, 0.4) is 0 Å². The highest BCUT2D eigenvalue weighted by Gasteiger charge is 2.07. The van der Waals surface area contributed by atoms with E-state index in [0.717, 1.165) is 19.1 Å². The van der Waals surface area contributed by atoms with Gasteiger partial charge in [-0.3, -0.25) is 4.18 Å². The highest BCUT2D eigenvalue weighted by molar-refractivity contribution is 7.85. The lowest BCUT2D eigenvalue weighted by Crippen LogP contribution is -2.08. The van der Waals surface area contributed by atoms with Crippen LogP contribution >= 0.6 is 0 Å². The highest BCUT2D eigenvalue weighted by atomic mass is 32.2. The molecule has 0 unspecified atom stereocenters. The smallest absolute Gasteiger partial charge is 0.264 e. The van der Waals surface area contributed by atoms with Crippen LogP contribution in [0, 0.1) is 5.92 Å². The average Bonchev–Trinajstić information content (AvgIpc) is 2.12. The minimum atomic E-state index is -3.28. The van der Waals surface area contributed by atoms with Crippen molar-refractivity contribution in [3.8, 4) is 0 Å². The molecule has 15 heavy (non-hydrogen) atoms. The maximum Gasteiger partial charge on any atom is 0.264 e. The van der Waals surface area contributed by atoms with Gasteiger partial charge in [0.05, 0.1) is 12.9 Å². The van der Waals surface area contributed by atoms with E-state index < -0.39 is 10.1 Å². The molecule has 0 rings (SSSR count). The highest BCUT2D eigenvalue weighted by Crippen LogP contribution is 2.14. The summed E-state index contributed by atoms with van der Waals surface area (Å²) in [4.78, 5) is 0. The van der Waals surface area contributed by atoms with E-state index in [9.17, 15) is 8.42 Å². The summed E-state index contributed by atoms with van der Waals surface area (Å²) in [7, 11) is -3.28. The van der Waals surface area contributed by atoms with Crippen LogP contribution in [0.1, 0.15) is 39.5 Å². The Bertz CT molecular complexity index is 268. The van der Waals surface area contributed by atoms with Crippen molar-refractivity contribution in [2.75, 3.05) is 12.9 Å². The zero-order valence-corrected chi connectivity index (χ0v) is 10.7. The molecule has 0 aromatic carbocycles. The molecule has 0 amide bonds. The van der Waals surface area contributed by atoms with Gasteiger partial charge in [0.15, 0.2) is 0 Å². The number of hydrogen-bond donors (Lipinski definition) is 0. The summed E-state index contributed by atoms with van der Waals surface area (Å²) in [6.07, 6.45) is 9.45. The SMILES string of the molecule is C/C=C/[C@@H](CCCC)CCOS(C)(=O)=O. The molecule has 0 aliphatic carbocycles. The number of allylic oxidation sites excluding steroid dienone is 2. The first kappa shape index (κ1) is 14.6. The van der Waals surface area contributed by atoms with Crippen molar-refractivity contribution in [3.05, 3.63) is 12.2 Å². The van der Waals surface area contributed by atoms with Crippen LogP contribution in [-0.2, 0) is 14.3 Å². The van der Waals surface area contributed by atoms with Gasteiger partial charge in [-0.05, 0) is 25.7 Å². The van der Waals surface area contributed by atoms with Crippen LogP contribution in [0.25, 0.3) is 0 Å². The molecule has 3 nitrogen and oxygen atoms in total. The van der Waals surface area contributed by atoms with E-state index >= 15 is 0 Å². The normalized spacial score (nSPS) is 14.6. The van der Waals surface area contributed by atoms with E-state index in [1.807, 2.05) is 13.0 Å². The van der Waals surface area contributed by atoms with Gasteiger partial charge in [-0.25, -0.2) is 0 Å². The lowest BCUT2D eigenvalue weighted by molar-refractivity contribution is 0.292. The molecule has 4 heteroatoms. The van der Waals surface area contributed by atoms with E-state index in [1.165, 1.54) is 12.8 Å². The molecule has 0 heterocycles. The minimum absolute atomic E-state index is 0.289. The molecule has 0 fully saturated rings. The van der Waals surface area contributed by atoms with Crippen molar-refractivity contribution in [1.29, 1.82) is 0 Å². The molecule has 90 valence electrons. The fraction of sp³-hybridized carbons (Fsp3) is 0.818. The monoisotopic (exact) mass is 234 g/mol. The number of unbranched alkanes of at least 4 members (excludes halogenated alkanes) is 1. The van der Waals surface area contributed by atoms with Gasteiger partial charge in [0, 0.05) is 0 Å². The Labute approximate surface area is 93.6 Å². The van der Waals surface area contributed by atoms with Gasteiger partial charge in [0.2, 0.25) is 0 Å². The second-order valence-electron chi connectivity index (χ2n) is 3.74. The predicted molar refractivity (Wildman–Crippen MR) is 63.2 cm³/mol. The average molecular weight is 234 g/mol. The topological polar surface area (TPSA) is 43.4 Å². The summed E-state index contributed by atoms with van der Waals surface area (Å²) in [5.74, 6) is 0.441. The van der Waals surface area contributed by atoms with Gasteiger partial charge >= 0.3 is 0 Å². The minimum Gasteiger partial charge on any atom is -0.270 e. The van der Waals surface area contributed by atoms with Crippen molar-refractivity contribution in [1.82, 2.24) is 0 Å². The maximum absolute atomic E-state index is 10.7. The molecule has 0 aromatic rings. The summed E-state index contributed by atoms with van der Waals surface area (Å²) in [5, 5.41) is 0. The molecule has 0 saturated carbocycles. The second kappa shape index (κ2) is 7.88. The molecule has 0 aromatic heterocycles. The lowest BCUT2D eigenvalue weighted by atomic mass is 9.98. The van der Waals surface area contributed by atoms with Crippen molar-refractivity contribution in [2.24, 2.45) is 5.92 Å². The third-order valence-corrected chi connectivity index (χ3v) is 2.77. The van der Waals surface area contributed by atoms with Crippen LogP contribution in [-0.4, -0.2) is 21.3 Å². The third-order valence-electron chi connectivity index (χ3n) is 2.18. The molecule has 0 N–H and O–H groups in total. The first-order chi connectivity index (χ1) is 6.99. The molecular formula is C11H22O3S. The Morgan fingerprint density at radius 1 is 1.33 bits per heavy atom. The molecule has 0 aliphatic heterocycles. The standard InChI is InChI=1S/C11H22O3S/c1-4-6-8-11(7-5-2)9-10-14-15(3,12)13/h5,7,11H,4,6,8-10H2,1-3H3/b7-5+/t11-/m0/s1. The summed E-state index contributed by atoms with van der Waals surface area (Å²) < 4.78 is 26.2. The largest absolute Gasteiger partial charge is 0.270 e. The van der Waals surface area contributed by atoms with Gasteiger partial charge in [-0.1, -0.05) is 31.9 Å². The molecule has 0 saturated heterocycles.